The van der Waals surface area contributed by atoms with Crippen molar-refractivity contribution >= 4 is 5.78 Å². The van der Waals surface area contributed by atoms with E-state index in [4.69, 9.17) is 4.74 Å². The van der Waals surface area contributed by atoms with Crippen molar-refractivity contribution in [2.75, 3.05) is 0 Å². The summed E-state index contributed by atoms with van der Waals surface area (Å²) in [5, 5.41) is 9.83. The molecule has 16 heavy (non-hydrogen) atoms. The van der Waals surface area contributed by atoms with Crippen LogP contribution in [0.2, 0.25) is 0 Å². The molecular formula is C13H20O3. The van der Waals surface area contributed by atoms with E-state index in [-0.39, 0.29) is 28.5 Å². The van der Waals surface area contributed by atoms with Crippen LogP contribution in [-0.4, -0.2) is 28.2 Å². The summed E-state index contributed by atoms with van der Waals surface area (Å²) in [5.41, 5.74) is -0.809. The van der Waals surface area contributed by atoms with Crippen LogP contribution in [0, 0.1) is 5.41 Å². The number of allylic oxidation sites excluding steroid dienone is 1. The van der Waals surface area contributed by atoms with Gasteiger partial charge in [-0.2, -0.15) is 0 Å². The Balaban J connectivity index is 2.31. The molecule has 90 valence electrons. The summed E-state index contributed by atoms with van der Waals surface area (Å²) >= 11 is 0. The lowest BCUT2D eigenvalue weighted by Crippen LogP contribution is -2.46. The minimum atomic E-state index is -0.370. The molecule has 1 saturated carbocycles. The van der Waals surface area contributed by atoms with E-state index in [1.165, 1.54) is 6.92 Å². The first-order valence-electron chi connectivity index (χ1n) is 5.80. The molecule has 2 rings (SSSR count). The number of fused-ring (bicyclic) bond motifs is 1. The summed E-state index contributed by atoms with van der Waals surface area (Å²) in [6.45, 7) is 7.73. The molecule has 0 amide bonds. The maximum Gasteiger partial charge on any atom is 0.152 e. The number of aliphatic hydroxyl groups excluding tert-OH is 1. The van der Waals surface area contributed by atoms with E-state index in [1.54, 1.807) is 6.08 Å². The lowest BCUT2D eigenvalue weighted by molar-refractivity contribution is -0.112. The molecule has 1 heterocycles. The van der Waals surface area contributed by atoms with Gasteiger partial charge in [-0.05, 0) is 32.4 Å². The number of carbonyl (C=O) groups is 1. The molecule has 0 aromatic heterocycles. The fraction of sp³-hybridized carbons (Fsp3) is 0.769. The van der Waals surface area contributed by atoms with Gasteiger partial charge in [0.15, 0.2) is 5.78 Å². The second-order valence-corrected chi connectivity index (χ2v) is 5.96. The molecule has 2 aliphatic rings. The molecule has 0 spiro atoms. The first-order chi connectivity index (χ1) is 7.22. The summed E-state index contributed by atoms with van der Waals surface area (Å²) in [7, 11) is 0. The number of aliphatic hydroxyl groups is 1. The third kappa shape index (κ3) is 1.45. The van der Waals surface area contributed by atoms with E-state index < -0.39 is 0 Å². The van der Waals surface area contributed by atoms with Gasteiger partial charge in [-0.25, -0.2) is 0 Å². The van der Waals surface area contributed by atoms with Gasteiger partial charge in [0.1, 0.15) is 11.2 Å². The Labute approximate surface area is 96.5 Å². The Kier molecular flexibility index (Phi) is 2.34. The van der Waals surface area contributed by atoms with Crippen molar-refractivity contribution in [3.63, 3.8) is 0 Å². The molecular weight excluding hydrogens is 204 g/mol. The summed E-state index contributed by atoms with van der Waals surface area (Å²) in [6.07, 6.45) is 4.54. The monoisotopic (exact) mass is 224 g/mol. The summed E-state index contributed by atoms with van der Waals surface area (Å²) in [4.78, 5) is 11.0. The molecule has 2 fully saturated rings. The van der Waals surface area contributed by atoms with Gasteiger partial charge >= 0.3 is 0 Å². The van der Waals surface area contributed by atoms with Gasteiger partial charge < -0.3 is 9.84 Å². The number of carbonyl (C=O) groups excluding carboxylic acids is 1. The summed E-state index contributed by atoms with van der Waals surface area (Å²) in [5.74, 6) is 0.0362. The average molecular weight is 224 g/mol. The van der Waals surface area contributed by atoms with Crippen molar-refractivity contribution in [2.45, 2.75) is 57.8 Å². The van der Waals surface area contributed by atoms with Gasteiger partial charge in [0, 0.05) is 11.8 Å². The zero-order valence-electron chi connectivity index (χ0n) is 10.4. The maximum atomic E-state index is 11.0. The lowest BCUT2D eigenvalue weighted by Gasteiger charge is -2.38. The van der Waals surface area contributed by atoms with Crippen LogP contribution in [-0.2, 0) is 9.53 Å². The molecule has 1 aliphatic carbocycles. The molecule has 0 bridgehead atoms. The topological polar surface area (TPSA) is 49.8 Å². The van der Waals surface area contributed by atoms with Crippen molar-refractivity contribution in [3.05, 3.63) is 12.2 Å². The van der Waals surface area contributed by atoms with E-state index in [2.05, 4.69) is 13.8 Å². The first kappa shape index (κ1) is 11.8. The molecule has 0 aromatic carbocycles. The average Bonchev–Trinajstić information content (AvgIpc) is 2.67. The zero-order chi connectivity index (χ0) is 12.2. The van der Waals surface area contributed by atoms with Gasteiger partial charge in [-0.15, -0.1) is 0 Å². The number of ketones is 1. The van der Waals surface area contributed by atoms with E-state index in [1.807, 2.05) is 13.0 Å². The fourth-order valence-corrected chi connectivity index (χ4v) is 3.31. The van der Waals surface area contributed by atoms with Gasteiger partial charge in [0.2, 0.25) is 0 Å². The Morgan fingerprint density at radius 3 is 2.50 bits per heavy atom. The van der Waals surface area contributed by atoms with Crippen LogP contribution in [0.3, 0.4) is 0 Å². The Morgan fingerprint density at radius 1 is 1.38 bits per heavy atom. The molecule has 0 unspecified atom stereocenters. The largest absolute Gasteiger partial charge is 0.393 e. The predicted octanol–water partition coefficient (Wildman–Crippen LogP) is 1.84. The molecule has 1 N–H and O–H groups in total. The van der Waals surface area contributed by atoms with E-state index in [0.29, 0.717) is 12.8 Å². The highest BCUT2D eigenvalue weighted by Crippen LogP contribution is 2.65. The van der Waals surface area contributed by atoms with Crippen LogP contribution in [0.25, 0.3) is 0 Å². The Morgan fingerprint density at radius 2 is 2.00 bits per heavy atom. The van der Waals surface area contributed by atoms with Crippen LogP contribution < -0.4 is 0 Å². The lowest BCUT2D eigenvalue weighted by atomic mass is 9.63. The van der Waals surface area contributed by atoms with Crippen LogP contribution in [0.4, 0.5) is 0 Å². The minimum Gasteiger partial charge on any atom is -0.393 e. The smallest absolute Gasteiger partial charge is 0.152 e. The van der Waals surface area contributed by atoms with Crippen molar-refractivity contribution in [1.82, 2.24) is 0 Å². The molecule has 0 aromatic rings. The molecule has 1 saturated heterocycles. The van der Waals surface area contributed by atoms with Gasteiger partial charge in [-0.1, -0.05) is 13.8 Å². The summed E-state index contributed by atoms with van der Waals surface area (Å²) in [6, 6.07) is 0. The van der Waals surface area contributed by atoms with Crippen LogP contribution in [0.15, 0.2) is 12.2 Å². The number of ether oxygens (including phenoxy) is 1. The van der Waals surface area contributed by atoms with Gasteiger partial charge in [0.25, 0.3) is 0 Å². The third-order valence-corrected chi connectivity index (χ3v) is 4.06. The molecule has 1 aliphatic heterocycles. The predicted molar refractivity (Wildman–Crippen MR) is 61.1 cm³/mol. The van der Waals surface area contributed by atoms with Crippen molar-refractivity contribution in [2.24, 2.45) is 5.41 Å². The van der Waals surface area contributed by atoms with Crippen LogP contribution in [0.1, 0.15) is 40.5 Å². The Hall–Kier alpha value is -0.670. The van der Waals surface area contributed by atoms with Gasteiger partial charge in [0.05, 0.1) is 6.10 Å². The number of epoxide rings is 1. The second-order valence-electron chi connectivity index (χ2n) is 5.96. The molecule has 3 heteroatoms. The van der Waals surface area contributed by atoms with E-state index in [9.17, 15) is 9.90 Å². The second kappa shape index (κ2) is 3.17. The highest BCUT2D eigenvalue weighted by Gasteiger charge is 2.74. The van der Waals surface area contributed by atoms with E-state index >= 15 is 0 Å². The van der Waals surface area contributed by atoms with E-state index in [0.717, 1.165) is 0 Å². The zero-order valence-corrected chi connectivity index (χ0v) is 10.4. The fourth-order valence-electron chi connectivity index (χ4n) is 3.31. The third-order valence-electron chi connectivity index (χ3n) is 4.06. The number of hydrogen-bond donors (Lipinski definition) is 1. The minimum absolute atomic E-state index is 0.0362. The maximum absolute atomic E-state index is 11.0. The van der Waals surface area contributed by atoms with Crippen LogP contribution >= 0.6 is 0 Å². The Bertz CT molecular complexity index is 358. The quantitative estimate of drug-likeness (QED) is 0.575. The molecule has 3 atom stereocenters. The summed E-state index contributed by atoms with van der Waals surface area (Å²) < 4.78 is 5.89. The standard InChI is InChI=1S/C13H20O3/c1-9(14)5-6-13-11(2,3)7-10(15)8-12(13,4)16-13/h5-6,10,15H,7-8H2,1-4H3/t10-,12-,13+/m1/s1. The van der Waals surface area contributed by atoms with Crippen molar-refractivity contribution < 1.29 is 14.6 Å². The highest BCUT2D eigenvalue weighted by atomic mass is 16.6. The highest BCUT2D eigenvalue weighted by molar-refractivity contribution is 5.87. The van der Waals surface area contributed by atoms with Gasteiger partial charge in [-0.3, -0.25) is 4.79 Å². The van der Waals surface area contributed by atoms with Crippen LogP contribution in [0.5, 0.6) is 0 Å². The normalized spacial score (nSPS) is 45.4. The SMILES string of the molecule is CC(=O)C=C[C@@]12O[C@]1(C)C[C@H](O)CC2(C)C. The number of rotatable bonds is 2. The molecule has 0 radical (unpaired) electrons. The van der Waals surface area contributed by atoms with Crippen molar-refractivity contribution in [1.29, 1.82) is 0 Å². The van der Waals surface area contributed by atoms with Crippen molar-refractivity contribution in [3.8, 4) is 0 Å². The number of hydrogen-bond acceptors (Lipinski definition) is 3. The molecule has 3 nitrogen and oxygen atoms in total. The first-order valence-corrected chi connectivity index (χ1v) is 5.80.